The van der Waals surface area contributed by atoms with E-state index in [1.54, 1.807) is 6.08 Å². The van der Waals surface area contributed by atoms with Crippen LogP contribution < -0.4 is 5.32 Å². The maximum absolute atomic E-state index is 13.5. The standard InChI is InChI=1S/C68H121NO10/c1-4-7-10-13-16-19-22-25-27-28-29-30-31-32-33-34-35-36-37-40-43-46-49-52-55-61(72)67(76)69-59(60(71)54-51-48-45-42-39-24-21-18-15-12-9-6-3)58-77-68-66(65(75)64(74)62(57-70)78-68)79-63(73)56-53-50-47-44-41-38-26-23-20-17-14-11-8-5-2/h7,10,16,19,25,27,29-30,32-33,51,54,59-62,64-66,68,70-72,74-75H,4-6,8-9,11-15,17-18,20-24,26,28,31,34-50,52-53,55-58H2,1-3H3,(H,69,76)/b10-7-,19-16-,27-25-,30-29-,33-32-,54-51+. The normalized spacial score (nSPS) is 19.3. The fourth-order valence-corrected chi connectivity index (χ4v) is 9.97. The van der Waals surface area contributed by atoms with Crippen LogP contribution in [0.15, 0.2) is 72.9 Å². The maximum Gasteiger partial charge on any atom is 0.306 e. The van der Waals surface area contributed by atoms with Crippen molar-refractivity contribution in [3.05, 3.63) is 72.9 Å². The van der Waals surface area contributed by atoms with Crippen LogP contribution >= 0.6 is 0 Å². The van der Waals surface area contributed by atoms with Crippen molar-refractivity contribution in [1.82, 2.24) is 5.32 Å². The van der Waals surface area contributed by atoms with Gasteiger partial charge in [0.05, 0.1) is 25.4 Å². The third kappa shape index (κ3) is 43.5. The van der Waals surface area contributed by atoms with Crippen molar-refractivity contribution in [1.29, 1.82) is 0 Å². The molecule has 0 radical (unpaired) electrons. The van der Waals surface area contributed by atoms with Crippen LogP contribution in [0.1, 0.15) is 284 Å². The molecule has 458 valence electrons. The van der Waals surface area contributed by atoms with Crippen LogP contribution in [0.4, 0.5) is 0 Å². The molecule has 11 nitrogen and oxygen atoms in total. The summed E-state index contributed by atoms with van der Waals surface area (Å²) in [6, 6.07) is -1.03. The highest BCUT2D eigenvalue weighted by Gasteiger charge is 2.47. The van der Waals surface area contributed by atoms with Crippen molar-refractivity contribution >= 4 is 11.9 Å². The summed E-state index contributed by atoms with van der Waals surface area (Å²) in [5, 5.41) is 57.0. The molecule has 1 fully saturated rings. The van der Waals surface area contributed by atoms with Crippen LogP contribution in [0, 0.1) is 0 Å². The Kier molecular flexibility index (Phi) is 52.2. The Bertz CT molecular complexity index is 1560. The minimum Gasteiger partial charge on any atom is -0.454 e. The van der Waals surface area contributed by atoms with Crippen molar-refractivity contribution in [3.8, 4) is 0 Å². The first kappa shape index (κ1) is 74.1. The number of hydrogen-bond acceptors (Lipinski definition) is 10. The van der Waals surface area contributed by atoms with Crippen molar-refractivity contribution in [2.45, 2.75) is 333 Å². The van der Waals surface area contributed by atoms with E-state index in [-0.39, 0.29) is 19.4 Å². The molecule has 1 saturated heterocycles. The van der Waals surface area contributed by atoms with Gasteiger partial charge >= 0.3 is 5.97 Å². The van der Waals surface area contributed by atoms with Crippen LogP contribution in [-0.4, -0.2) is 99.6 Å². The fraction of sp³-hybridized carbons (Fsp3) is 0.794. The molecule has 1 aliphatic rings. The average Bonchev–Trinajstić information content (AvgIpc) is 3.46. The van der Waals surface area contributed by atoms with E-state index in [1.807, 2.05) is 6.08 Å². The quantitative estimate of drug-likeness (QED) is 0.0195. The molecule has 11 heteroatoms. The molecule has 0 aromatic heterocycles. The van der Waals surface area contributed by atoms with Gasteiger partial charge in [-0.25, -0.2) is 0 Å². The zero-order valence-corrected chi connectivity index (χ0v) is 50.7. The number of carbonyl (C=O) groups is 2. The van der Waals surface area contributed by atoms with Crippen LogP contribution in [0.25, 0.3) is 0 Å². The molecule has 0 bridgehead atoms. The molecule has 0 aliphatic carbocycles. The number of aliphatic hydroxyl groups is 5. The van der Waals surface area contributed by atoms with Gasteiger partial charge in [0.15, 0.2) is 12.4 Å². The fourth-order valence-electron chi connectivity index (χ4n) is 9.97. The molecule has 79 heavy (non-hydrogen) atoms. The highest BCUT2D eigenvalue weighted by atomic mass is 16.7. The first-order valence-corrected chi connectivity index (χ1v) is 32.7. The number of amides is 1. The number of esters is 1. The van der Waals surface area contributed by atoms with Gasteiger partial charge in [0.1, 0.15) is 24.4 Å². The summed E-state index contributed by atoms with van der Waals surface area (Å²) in [4.78, 5) is 26.6. The average molecular weight is 1110 g/mol. The first-order chi connectivity index (χ1) is 38.7. The third-order valence-electron chi connectivity index (χ3n) is 15.1. The van der Waals surface area contributed by atoms with Crippen molar-refractivity contribution in [2.24, 2.45) is 0 Å². The summed E-state index contributed by atoms with van der Waals surface area (Å²) < 4.78 is 17.6. The molecule has 0 saturated carbocycles. The number of rotatable bonds is 55. The second-order valence-corrected chi connectivity index (χ2v) is 22.5. The maximum atomic E-state index is 13.5. The van der Waals surface area contributed by atoms with Gasteiger partial charge in [0.25, 0.3) is 0 Å². The lowest BCUT2D eigenvalue weighted by molar-refractivity contribution is -0.305. The van der Waals surface area contributed by atoms with E-state index in [4.69, 9.17) is 14.2 Å². The van der Waals surface area contributed by atoms with Gasteiger partial charge in [-0.15, -0.1) is 0 Å². The smallest absolute Gasteiger partial charge is 0.306 e. The van der Waals surface area contributed by atoms with Crippen molar-refractivity contribution < 1.29 is 49.3 Å². The number of hydrogen-bond donors (Lipinski definition) is 6. The Morgan fingerprint density at radius 1 is 0.506 bits per heavy atom. The molecule has 1 aliphatic heterocycles. The zero-order chi connectivity index (χ0) is 57.5. The topological polar surface area (TPSA) is 175 Å². The molecule has 0 spiro atoms. The van der Waals surface area contributed by atoms with Gasteiger partial charge in [-0.05, 0) is 70.6 Å². The SMILES string of the molecule is CC/C=C\C/C=C\C/C=C\C/C=C\C/C=C\CCCCCCCCCCC(O)C(=O)NC(COC1OC(CO)C(O)C(O)C1OC(=O)CCCCCCCCCCCCCCCC)C(O)/C=C/CCCCCCCCCCCC. The minimum absolute atomic E-state index is 0.125. The Labute approximate surface area is 483 Å². The van der Waals surface area contributed by atoms with Gasteiger partial charge in [-0.1, -0.05) is 280 Å². The molecule has 8 unspecified atom stereocenters. The van der Waals surface area contributed by atoms with E-state index < -0.39 is 67.4 Å². The summed E-state index contributed by atoms with van der Waals surface area (Å²) >= 11 is 0. The minimum atomic E-state index is -1.61. The Morgan fingerprint density at radius 3 is 1.37 bits per heavy atom. The van der Waals surface area contributed by atoms with Crippen LogP contribution in [0.2, 0.25) is 0 Å². The Balaban J connectivity index is 2.63. The van der Waals surface area contributed by atoms with Gasteiger partial charge in [0.2, 0.25) is 5.91 Å². The molecule has 0 aromatic carbocycles. The number of ether oxygens (including phenoxy) is 3. The lowest BCUT2D eigenvalue weighted by Crippen LogP contribution is -2.61. The van der Waals surface area contributed by atoms with Crippen LogP contribution in [0.5, 0.6) is 0 Å². The lowest BCUT2D eigenvalue weighted by Gasteiger charge is -2.41. The summed E-state index contributed by atoms with van der Waals surface area (Å²) in [6.07, 6.45) is 60.8. The summed E-state index contributed by atoms with van der Waals surface area (Å²) in [5.41, 5.74) is 0. The van der Waals surface area contributed by atoms with Crippen molar-refractivity contribution in [3.63, 3.8) is 0 Å². The molecular weight excluding hydrogens is 991 g/mol. The van der Waals surface area contributed by atoms with E-state index >= 15 is 0 Å². The molecule has 6 N–H and O–H groups in total. The second kappa shape index (κ2) is 55.6. The molecule has 0 aromatic rings. The highest BCUT2D eigenvalue weighted by molar-refractivity contribution is 5.80. The number of allylic oxidation sites excluding steroid dienone is 11. The van der Waals surface area contributed by atoms with Gasteiger partial charge in [0, 0.05) is 6.42 Å². The summed E-state index contributed by atoms with van der Waals surface area (Å²) in [5.74, 6) is -1.20. The van der Waals surface area contributed by atoms with E-state index in [0.29, 0.717) is 12.8 Å². The zero-order valence-electron chi connectivity index (χ0n) is 50.7. The highest BCUT2D eigenvalue weighted by Crippen LogP contribution is 2.26. The molecule has 1 rings (SSSR count). The summed E-state index contributed by atoms with van der Waals surface area (Å²) in [7, 11) is 0. The van der Waals surface area contributed by atoms with Crippen LogP contribution in [-0.2, 0) is 23.8 Å². The molecule has 1 heterocycles. The van der Waals surface area contributed by atoms with Crippen molar-refractivity contribution in [2.75, 3.05) is 13.2 Å². The largest absolute Gasteiger partial charge is 0.454 e. The Morgan fingerprint density at radius 2 is 0.911 bits per heavy atom. The number of aliphatic hydroxyl groups excluding tert-OH is 5. The monoisotopic (exact) mass is 1110 g/mol. The third-order valence-corrected chi connectivity index (χ3v) is 15.1. The van der Waals surface area contributed by atoms with Gasteiger partial charge in [-0.3, -0.25) is 9.59 Å². The van der Waals surface area contributed by atoms with E-state index in [9.17, 15) is 35.1 Å². The Hall–Kier alpha value is -2.90. The second-order valence-electron chi connectivity index (χ2n) is 22.5. The first-order valence-electron chi connectivity index (χ1n) is 32.7. The van der Waals surface area contributed by atoms with E-state index in [2.05, 4.69) is 86.8 Å². The van der Waals surface area contributed by atoms with E-state index in [0.717, 1.165) is 96.3 Å². The summed E-state index contributed by atoms with van der Waals surface area (Å²) in [6.45, 7) is 5.68. The molecular formula is C68H121NO10. The number of nitrogens with one attached hydrogen (secondary N) is 1. The lowest BCUT2D eigenvalue weighted by atomic mass is 9.99. The predicted molar refractivity (Wildman–Crippen MR) is 329 cm³/mol. The number of carbonyl (C=O) groups excluding carboxylic acids is 2. The van der Waals surface area contributed by atoms with Gasteiger partial charge in [-0.2, -0.15) is 0 Å². The molecule has 8 atom stereocenters. The molecule has 1 amide bonds. The van der Waals surface area contributed by atoms with E-state index in [1.165, 1.54) is 141 Å². The predicted octanol–water partition coefficient (Wildman–Crippen LogP) is 16.0. The van der Waals surface area contributed by atoms with Crippen LogP contribution in [0.3, 0.4) is 0 Å². The van der Waals surface area contributed by atoms with Gasteiger partial charge < -0.3 is 45.1 Å². The number of unbranched alkanes of at least 4 members (excludes halogenated alkanes) is 31.